The molecular formula is C7H9ClN2O2S. The summed E-state index contributed by atoms with van der Waals surface area (Å²) < 4.78 is 0. The summed E-state index contributed by atoms with van der Waals surface area (Å²) in [4.78, 5) is 11.1. The smallest absolute Gasteiger partial charge is 0.309 e. The Bertz CT molecular complexity index is 311. The molecule has 13 heavy (non-hydrogen) atoms. The summed E-state index contributed by atoms with van der Waals surface area (Å²) >= 11 is 1.26. The number of rotatable bonds is 2. The average molecular weight is 221 g/mol. The molecule has 0 radical (unpaired) electrons. The van der Waals surface area contributed by atoms with Crippen molar-refractivity contribution >= 4 is 28.7 Å². The lowest BCUT2D eigenvalue weighted by Gasteiger charge is -2.25. The molecule has 2 rings (SSSR count). The number of hydrogen-bond donors (Lipinski definition) is 1. The van der Waals surface area contributed by atoms with Crippen molar-refractivity contribution in [2.45, 2.75) is 12.5 Å². The Labute approximate surface area is 85.5 Å². The van der Waals surface area contributed by atoms with E-state index < -0.39 is 0 Å². The summed E-state index contributed by atoms with van der Waals surface area (Å²) in [6.45, 7) is 1.02. The maximum Gasteiger partial charge on any atom is 0.324 e. The number of thiophene rings is 1. The Morgan fingerprint density at radius 3 is 2.69 bits per heavy atom. The highest BCUT2D eigenvalue weighted by Crippen LogP contribution is 2.32. The third-order valence-corrected chi connectivity index (χ3v) is 3.11. The van der Waals surface area contributed by atoms with E-state index >= 15 is 0 Å². The molecule has 4 nitrogen and oxygen atoms in total. The fourth-order valence-corrected chi connectivity index (χ4v) is 2.09. The molecule has 1 aliphatic rings. The van der Waals surface area contributed by atoms with Gasteiger partial charge in [0.05, 0.1) is 4.92 Å². The number of halogens is 1. The van der Waals surface area contributed by atoms with E-state index in [9.17, 15) is 10.1 Å². The molecule has 2 heterocycles. The predicted octanol–water partition coefficient (Wildman–Crippen LogP) is 2.11. The SMILES string of the molecule is Cl.O=[N+]([O-])c1ccc([C@H]2CCN2)s1. The van der Waals surface area contributed by atoms with Gasteiger partial charge in [0.15, 0.2) is 0 Å². The van der Waals surface area contributed by atoms with Gasteiger partial charge in [-0.2, -0.15) is 0 Å². The molecule has 0 amide bonds. The predicted molar refractivity (Wildman–Crippen MR) is 53.6 cm³/mol. The Kier molecular flexibility index (Phi) is 3.24. The summed E-state index contributed by atoms with van der Waals surface area (Å²) in [7, 11) is 0. The fraction of sp³-hybridized carbons (Fsp3) is 0.429. The van der Waals surface area contributed by atoms with Crippen molar-refractivity contribution in [2.24, 2.45) is 0 Å². The molecule has 0 spiro atoms. The van der Waals surface area contributed by atoms with Crippen LogP contribution in [-0.2, 0) is 0 Å². The van der Waals surface area contributed by atoms with Gasteiger partial charge in [0.1, 0.15) is 0 Å². The van der Waals surface area contributed by atoms with E-state index in [2.05, 4.69) is 5.32 Å². The molecule has 0 aliphatic carbocycles. The average Bonchev–Trinajstić information content (AvgIpc) is 2.32. The van der Waals surface area contributed by atoms with Crippen molar-refractivity contribution in [3.8, 4) is 0 Å². The third-order valence-electron chi connectivity index (χ3n) is 1.96. The van der Waals surface area contributed by atoms with Gasteiger partial charge in [0, 0.05) is 17.0 Å². The fourth-order valence-electron chi connectivity index (χ4n) is 1.16. The minimum atomic E-state index is -0.340. The highest BCUT2D eigenvalue weighted by Gasteiger charge is 2.22. The van der Waals surface area contributed by atoms with Crippen LogP contribution in [0.1, 0.15) is 17.3 Å². The van der Waals surface area contributed by atoms with Crippen molar-refractivity contribution in [1.82, 2.24) is 5.32 Å². The minimum absolute atomic E-state index is 0. The van der Waals surface area contributed by atoms with Gasteiger partial charge < -0.3 is 5.32 Å². The first-order valence-corrected chi connectivity index (χ1v) is 4.56. The highest BCUT2D eigenvalue weighted by atomic mass is 35.5. The summed E-state index contributed by atoms with van der Waals surface area (Å²) in [6.07, 6.45) is 1.09. The van der Waals surface area contributed by atoms with Crippen LogP contribution in [0.4, 0.5) is 5.00 Å². The summed E-state index contributed by atoms with van der Waals surface area (Å²) in [5.74, 6) is 0. The van der Waals surface area contributed by atoms with Gasteiger partial charge in [-0.15, -0.1) is 12.4 Å². The van der Waals surface area contributed by atoms with Crippen LogP contribution in [0.3, 0.4) is 0 Å². The van der Waals surface area contributed by atoms with Crippen molar-refractivity contribution in [3.63, 3.8) is 0 Å². The molecular weight excluding hydrogens is 212 g/mol. The zero-order valence-electron chi connectivity index (χ0n) is 6.73. The Morgan fingerprint density at radius 2 is 2.31 bits per heavy atom. The molecule has 0 bridgehead atoms. The monoisotopic (exact) mass is 220 g/mol. The minimum Gasteiger partial charge on any atom is -0.309 e. The Balaban J connectivity index is 0.000000845. The lowest BCUT2D eigenvalue weighted by molar-refractivity contribution is -0.380. The second kappa shape index (κ2) is 4.04. The molecule has 0 unspecified atom stereocenters. The molecule has 1 saturated heterocycles. The summed E-state index contributed by atoms with van der Waals surface area (Å²) in [5, 5.41) is 13.8. The number of nitrogens with one attached hydrogen (secondary N) is 1. The molecule has 72 valence electrons. The van der Waals surface area contributed by atoms with Gasteiger partial charge in [-0.05, 0) is 19.0 Å². The third kappa shape index (κ3) is 1.99. The molecule has 0 aromatic carbocycles. The Morgan fingerprint density at radius 1 is 1.62 bits per heavy atom. The van der Waals surface area contributed by atoms with Crippen molar-refractivity contribution in [3.05, 3.63) is 27.1 Å². The molecule has 6 heteroatoms. The van der Waals surface area contributed by atoms with Crippen LogP contribution in [0.2, 0.25) is 0 Å². The first kappa shape index (κ1) is 10.4. The van der Waals surface area contributed by atoms with Gasteiger partial charge in [0.25, 0.3) is 0 Å². The zero-order chi connectivity index (χ0) is 8.55. The molecule has 1 aromatic rings. The molecule has 1 aliphatic heterocycles. The van der Waals surface area contributed by atoms with Crippen LogP contribution in [0.5, 0.6) is 0 Å². The lowest BCUT2D eigenvalue weighted by Crippen LogP contribution is -2.34. The van der Waals surface area contributed by atoms with E-state index in [1.807, 2.05) is 6.07 Å². The first-order chi connectivity index (χ1) is 5.77. The lowest BCUT2D eigenvalue weighted by atomic mass is 10.1. The van der Waals surface area contributed by atoms with Gasteiger partial charge >= 0.3 is 5.00 Å². The Hall–Kier alpha value is -0.650. The van der Waals surface area contributed by atoms with Crippen LogP contribution >= 0.6 is 23.7 Å². The van der Waals surface area contributed by atoms with Crippen molar-refractivity contribution < 1.29 is 4.92 Å². The molecule has 1 atom stereocenters. The van der Waals surface area contributed by atoms with Gasteiger partial charge in [-0.1, -0.05) is 11.3 Å². The van der Waals surface area contributed by atoms with Crippen LogP contribution in [0, 0.1) is 10.1 Å². The quantitative estimate of drug-likeness (QED) is 0.614. The molecule has 1 aromatic heterocycles. The van der Waals surface area contributed by atoms with E-state index in [4.69, 9.17) is 0 Å². The number of nitrogens with zero attached hydrogens (tertiary/aromatic N) is 1. The van der Waals surface area contributed by atoms with Crippen LogP contribution in [-0.4, -0.2) is 11.5 Å². The van der Waals surface area contributed by atoms with E-state index in [1.165, 1.54) is 11.3 Å². The van der Waals surface area contributed by atoms with Gasteiger partial charge in [0.2, 0.25) is 0 Å². The second-order valence-corrected chi connectivity index (χ2v) is 3.82. The largest absolute Gasteiger partial charge is 0.324 e. The maximum atomic E-state index is 10.3. The van der Waals surface area contributed by atoms with E-state index in [0.29, 0.717) is 6.04 Å². The number of nitro groups is 1. The zero-order valence-corrected chi connectivity index (χ0v) is 8.36. The van der Waals surface area contributed by atoms with Crippen LogP contribution in [0.15, 0.2) is 12.1 Å². The van der Waals surface area contributed by atoms with Crippen LogP contribution < -0.4 is 5.32 Å². The topological polar surface area (TPSA) is 55.2 Å². The van der Waals surface area contributed by atoms with Gasteiger partial charge in [-0.3, -0.25) is 10.1 Å². The first-order valence-electron chi connectivity index (χ1n) is 3.75. The van der Waals surface area contributed by atoms with E-state index in [-0.39, 0.29) is 22.3 Å². The molecule has 1 fully saturated rings. The highest BCUT2D eigenvalue weighted by molar-refractivity contribution is 7.15. The summed E-state index contributed by atoms with van der Waals surface area (Å²) in [6, 6.07) is 3.77. The van der Waals surface area contributed by atoms with Crippen LogP contribution in [0.25, 0.3) is 0 Å². The van der Waals surface area contributed by atoms with Crippen molar-refractivity contribution in [2.75, 3.05) is 6.54 Å². The van der Waals surface area contributed by atoms with Crippen molar-refractivity contribution in [1.29, 1.82) is 0 Å². The summed E-state index contributed by atoms with van der Waals surface area (Å²) in [5.41, 5.74) is 0. The standard InChI is InChI=1S/C7H8N2O2S.ClH/c10-9(11)7-2-1-6(12-7)5-3-4-8-5;/h1-2,5,8H,3-4H2;1H/t5-;/m1./s1. The molecule has 0 saturated carbocycles. The van der Waals surface area contributed by atoms with E-state index in [1.54, 1.807) is 6.07 Å². The van der Waals surface area contributed by atoms with E-state index in [0.717, 1.165) is 17.8 Å². The normalized spacial score (nSPS) is 20.2. The van der Waals surface area contributed by atoms with Gasteiger partial charge in [-0.25, -0.2) is 0 Å². The maximum absolute atomic E-state index is 10.3. The second-order valence-electron chi connectivity index (χ2n) is 2.73. The molecule has 1 N–H and O–H groups in total. The number of hydrogen-bond acceptors (Lipinski definition) is 4.